The molecule has 0 aliphatic heterocycles. The van der Waals surface area contributed by atoms with E-state index in [0.29, 0.717) is 6.54 Å². The van der Waals surface area contributed by atoms with E-state index in [9.17, 15) is 13.4 Å². The van der Waals surface area contributed by atoms with Crippen molar-refractivity contribution in [2.75, 3.05) is 0 Å². The molecular formula is C17H18FNO2S. The van der Waals surface area contributed by atoms with Gasteiger partial charge in [-0.15, -0.1) is 0 Å². The van der Waals surface area contributed by atoms with Gasteiger partial charge < -0.3 is 5.32 Å². The van der Waals surface area contributed by atoms with Crippen LogP contribution in [0.4, 0.5) is 4.39 Å². The fraction of sp³-hybridized carbons (Fsp3) is 0.235. The van der Waals surface area contributed by atoms with Gasteiger partial charge in [0.05, 0.1) is 0 Å². The van der Waals surface area contributed by atoms with Gasteiger partial charge in [-0.25, -0.2) is 4.39 Å². The summed E-state index contributed by atoms with van der Waals surface area (Å²) in [7, 11) is -1.34. The Morgan fingerprint density at radius 3 is 2.36 bits per heavy atom. The average molecular weight is 319 g/mol. The molecule has 0 aliphatic rings. The molecule has 116 valence electrons. The molecule has 0 bridgehead atoms. The summed E-state index contributed by atoms with van der Waals surface area (Å²) in [6.07, 6.45) is 0. The highest BCUT2D eigenvalue weighted by Crippen LogP contribution is 2.09. The predicted octanol–water partition coefficient (Wildman–Crippen LogP) is 2.78. The number of benzene rings is 2. The molecule has 2 aromatic carbocycles. The van der Waals surface area contributed by atoms with Gasteiger partial charge >= 0.3 is 0 Å². The molecule has 0 fully saturated rings. The van der Waals surface area contributed by atoms with Crippen molar-refractivity contribution in [2.24, 2.45) is 0 Å². The molecule has 0 radical (unpaired) electrons. The summed E-state index contributed by atoms with van der Waals surface area (Å²) in [5, 5.41) is 2.17. The number of carbonyl (C=O) groups excluding carboxylic acids is 1. The molecule has 0 aromatic heterocycles. The van der Waals surface area contributed by atoms with Crippen molar-refractivity contribution < 1.29 is 13.4 Å². The normalized spacial score (nSPS) is 13.4. The third kappa shape index (κ3) is 4.77. The molecule has 1 amide bonds. The van der Waals surface area contributed by atoms with Gasteiger partial charge in [0.15, 0.2) is 0 Å². The van der Waals surface area contributed by atoms with Crippen LogP contribution < -0.4 is 5.32 Å². The van der Waals surface area contributed by atoms with E-state index in [1.54, 1.807) is 19.1 Å². The molecule has 0 heterocycles. The van der Waals surface area contributed by atoms with E-state index >= 15 is 0 Å². The highest BCUT2D eigenvalue weighted by molar-refractivity contribution is 7.85. The molecule has 0 spiro atoms. The molecule has 0 unspecified atom stereocenters. The Labute approximate surface area is 132 Å². The first kappa shape index (κ1) is 16.4. The monoisotopic (exact) mass is 319 g/mol. The van der Waals surface area contributed by atoms with E-state index in [4.69, 9.17) is 0 Å². The van der Waals surface area contributed by atoms with Gasteiger partial charge in [-0.1, -0.05) is 42.5 Å². The van der Waals surface area contributed by atoms with Crippen molar-refractivity contribution in [3.05, 3.63) is 71.5 Å². The first-order valence-corrected chi connectivity index (χ1v) is 8.37. The first-order chi connectivity index (χ1) is 10.6. The maximum absolute atomic E-state index is 12.8. The largest absolute Gasteiger partial charge is 0.351 e. The van der Waals surface area contributed by atoms with Crippen LogP contribution in [0.15, 0.2) is 54.6 Å². The lowest BCUT2D eigenvalue weighted by Gasteiger charge is -2.12. The quantitative estimate of drug-likeness (QED) is 0.890. The van der Waals surface area contributed by atoms with E-state index < -0.39 is 16.0 Å². The maximum atomic E-state index is 12.8. The second-order valence-electron chi connectivity index (χ2n) is 5.00. The number of hydrogen-bond donors (Lipinski definition) is 1. The van der Waals surface area contributed by atoms with Crippen LogP contribution in [0.3, 0.4) is 0 Å². The van der Waals surface area contributed by atoms with Gasteiger partial charge in [-0.2, -0.15) is 0 Å². The lowest BCUT2D eigenvalue weighted by Crippen LogP contribution is -2.35. The van der Waals surface area contributed by atoms with E-state index in [-0.39, 0.29) is 17.5 Å². The number of nitrogens with one attached hydrogen (secondary N) is 1. The highest BCUT2D eigenvalue weighted by atomic mass is 32.2. The molecule has 22 heavy (non-hydrogen) atoms. The highest BCUT2D eigenvalue weighted by Gasteiger charge is 2.19. The van der Waals surface area contributed by atoms with Crippen LogP contribution in [0.5, 0.6) is 0 Å². The predicted molar refractivity (Wildman–Crippen MR) is 86.0 cm³/mol. The fourth-order valence-corrected chi connectivity index (χ4v) is 3.01. The van der Waals surface area contributed by atoms with Crippen LogP contribution >= 0.6 is 0 Å². The Morgan fingerprint density at radius 1 is 1.09 bits per heavy atom. The standard InChI is InChI=1S/C17H18FNO2S/c1-13(17(20)19-11-14-5-3-2-4-6-14)22(21)12-15-7-9-16(18)10-8-15/h2-10,13H,11-12H2,1H3,(H,19,20)/t13-,22+/m0/s1. The van der Waals surface area contributed by atoms with Gasteiger partial charge in [0.1, 0.15) is 11.1 Å². The van der Waals surface area contributed by atoms with Gasteiger partial charge in [0, 0.05) is 23.1 Å². The van der Waals surface area contributed by atoms with Crippen molar-refractivity contribution in [3.63, 3.8) is 0 Å². The Hall–Kier alpha value is -2.01. The molecule has 2 aromatic rings. The summed E-state index contributed by atoms with van der Waals surface area (Å²) < 4.78 is 25.0. The number of rotatable bonds is 6. The third-order valence-electron chi connectivity index (χ3n) is 3.30. The number of halogens is 1. The van der Waals surface area contributed by atoms with Gasteiger partial charge in [-0.3, -0.25) is 9.00 Å². The van der Waals surface area contributed by atoms with Gasteiger partial charge in [0.2, 0.25) is 5.91 Å². The number of hydrogen-bond acceptors (Lipinski definition) is 2. The minimum Gasteiger partial charge on any atom is -0.351 e. The summed E-state index contributed by atoms with van der Waals surface area (Å²) in [6.45, 7) is 2.05. The lowest BCUT2D eigenvalue weighted by atomic mass is 10.2. The average Bonchev–Trinajstić information content (AvgIpc) is 2.55. The van der Waals surface area contributed by atoms with E-state index in [1.165, 1.54) is 12.1 Å². The molecule has 3 nitrogen and oxygen atoms in total. The second kappa shape index (κ2) is 7.84. The smallest absolute Gasteiger partial charge is 0.235 e. The molecule has 0 aliphatic carbocycles. The summed E-state index contributed by atoms with van der Waals surface area (Å²) in [4.78, 5) is 12.0. The summed E-state index contributed by atoms with van der Waals surface area (Å²) in [5.74, 6) is -0.340. The first-order valence-electron chi connectivity index (χ1n) is 6.99. The van der Waals surface area contributed by atoms with Crippen LogP contribution in [-0.2, 0) is 27.9 Å². The zero-order chi connectivity index (χ0) is 15.9. The molecule has 1 N–H and O–H groups in total. The summed E-state index contributed by atoms with van der Waals surface area (Å²) >= 11 is 0. The van der Waals surface area contributed by atoms with E-state index in [1.807, 2.05) is 30.3 Å². The minimum atomic E-state index is -1.34. The minimum absolute atomic E-state index is 0.236. The molecule has 2 rings (SSSR count). The maximum Gasteiger partial charge on any atom is 0.235 e. The zero-order valence-electron chi connectivity index (χ0n) is 12.3. The Bertz CT molecular complexity index is 643. The zero-order valence-corrected chi connectivity index (χ0v) is 13.1. The van der Waals surface area contributed by atoms with Crippen LogP contribution in [-0.4, -0.2) is 15.4 Å². The van der Waals surface area contributed by atoms with Crippen molar-refractivity contribution in [1.82, 2.24) is 5.32 Å². The second-order valence-corrected chi connectivity index (χ2v) is 6.75. The molecule has 2 atom stereocenters. The van der Waals surface area contributed by atoms with Gasteiger partial charge in [0.25, 0.3) is 0 Å². The number of amides is 1. The fourth-order valence-electron chi connectivity index (χ4n) is 1.92. The third-order valence-corrected chi connectivity index (χ3v) is 4.92. The van der Waals surface area contributed by atoms with Crippen LogP contribution in [0.25, 0.3) is 0 Å². The molecular weight excluding hydrogens is 301 g/mol. The van der Waals surface area contributed by atoms with Crippen molar-refractivity contribution in [2.45, 2.75) is 24.5 Å². The lowest BCUT2D eigenvalue weighted by molar-refractivity contribution is -0.120. The van der Waals surface area contributed by atoms with Crippen LogP contribution in [0.1, 0.15) is 18.1 Å². The summed E-state index contributed by atoms with van der Waals surface area (Å²) in [6, 6.07) is 15.4. The number of carbonyl (C=O) groups is 1. The van der Waals surface area contributed by atoms with Gasteiger partial charge in [-0.05, 0) is 30.2 Å². The molecule has 0 saturated heterocycles. The van der Waals surface area contributed by atoms with Crippen molar-refractivity contribution >= 4 is 16.7 Å². The van der Waals surface area contributed by atoms with Crippen molar-refractivity contribution in [3.8, 4) is 0 Å². The van der Waals surface area contributed by atoms with Crippen LogP contribution in [0.2, 0.25) is 0 Å². The Balaban J connectivity index is 1.86. The van der Waals surface area contributed by atoms with Crippen molar-refractivity contribution in [1.29, 1.82) is 0 Å². The molecule has 0 saturated carbocycles. The SMILES string of the molecule is C[C@@H](C(=O)NCc1ccccc1)[S@](=O)Cc1ccc(F)cc1. The van der Waals surface area contributed by atoms with Crippen LogP contribution in [0, 0.1) is 5.82 Å². The van der Waals surface area contributed by atoms with E-state index in [0.717, 1.165) is 11.1 Å². The Morgan fingerprint density at radius 2 is 1.73 bits per heavy atom. The Kier molecular flexibility index (Phi) is 5.83. The summed E-state index contributed by atoms with van der Waals surface area (Å²) in [5.41, 5.74) is 1.75. The van der Waals surface area contributed by atoms with E-state index in [2.05, 4.69) is 5.32 Å². The molecule has 5 heteroatoms. The topological polar surface area (TPSA) is 46.2 Å².